The van der Waals surface area contributed by atoms with Crippen LogP contribution >= 0.6 is 0 Å². The van der Waals surface area contributed by atoms with Gasteiger partial charge in [-0.05, 0) is 25.4 Å². The van der Waals surface area contributed by atoms with Gasteiger partial charge in [0.2, 0.25) is 0 Å². The Bertz CT molecular complexity index is 205. The van der Waals surface area contributed by atoms with Crippen molar-refractivity contribution in [2.75, 3.05) is 33.3 Å². The zero-order valence-electron chi connectivity index (χ0n) is 11.1. The zero-order valence-corrected chi connectivity index (χ0v) is 11.1. The van der Waals surface area contributed by atoms with Crippen LogP contribution in [0.5, 0.6) is 0 Å². The Hall–Kier alpha value is -0.610. The molecule has 0 aromatic rings. The largest absolute Gasteiger partial charge is 0.465 e. The van der Waals surface area contributed by atoms with E-state index in [1.54, 1.807) is 0 Å². The number of rotatable bonds is 8. The van der Waals surface area contributed by atoms with Crippen LogP contribution in [0.1, 0.15) is 33.6 Å². The number of hydrogen-bond acceptors (Lipinski definition) is 4. The lowest BCUT2D eigenvalue weighted by molar-refractivity contribution is -0.145. The molecule has 4 heteroatoms. The summed E-state index contributed by atoms with van der Waals surface area (Å²) in [6, 6.07) is 0. The first-order valence-electron chi connectivity index (χ1n) is 5.95. The SMILES string of the molecule is CCCCOC(=O)CN(C)CC(C)(C)CN. The van der Waals surface area contributed by atoms with Gasteiger partial charge in [-0.2, -0.15) is 0 Å². The Balaban J connectivity index is 3.78. The summed E-state index contributed by atoms with van der Waals surface area (Å²) >= 11 is 0. The summed E-state index contributed by atoms with van der Waals surface area (Å²) in [5.74, 6) is -0.149. The summed E-state index contributed by atoms with van der Waals surface area (Å²) in [5.41, 5.74) is 5.68. The van der Waals surface area contributed by atoms with Crippen LogP contribution in [0.3, 0.4) is 0 Å². The molecule has 0 saturated carbocycles. The molecule has 96 valence electrons. The molecule has 16 heavy (non-hydrogen) atoms. The molecule has 0 aliphatic rings. The molecule has 0 spiro atoms. The van der Waals surface area contributed by atoms with Crippen molar-refractivity contribution in [3.05, 3.63) is 0 Å². The fourth-order valence-electron chi connectivity index (χ4n) is 1.45. The van der Waals surface area contributed by atoms with Gasteiger partial charge in [-0.1, -0.05) is 27.2 Å². The van der Waals surface area contributed by atoms with Gasteiger partial charge in [0.25, 0.3) is 0 Å². The van der Waals surface area contributed by atoms with Crippen molar-refractivity contribution < 1.29 is 9.53 Å². The minimum Gasteiger partial charge on any atom is -0.465 e. The molecular weight excluding hydrogens is 204 g/mol. The molecule has 0 aliphatic heterocycles. The summed E-state index contributed by atoms with van der Waals surface area (Å²) in [5, 5.41) is 0. The third-order valence-corrected chi connectivity index (χ3v) is 2.41. The first-order chi connectivity index (χ1) is 7.41. The van der Waals surface area contributed by atoms with E-state index in [4.69, 9.17) is 10.5 Å². The van der Waals surface area contributed by atoms with Crippen LogP contribution in [0.4, 0.5) is 0 Å². The standard InChI is InChI=1S/C12H26N2O2/c1-5-6-7-16-11(15)8-14(4)10-12(2,3)9-13/h5-10,13H2,1-4H3. The van der Waals surface area contributed by atoms with Crippen LogP contribution in [-0.2, 0) is 9.53 Å². The predicted octanol–water partition coefficient (Wildman–Crippen LogP) is 1.25. The Morgan fingerprint density at radius 1 is 1.44 bits per heavy atom. The Labute approximate surface area is 99.1 Å². The Kier molecular flexibility index (Phi) is 7.34. The van der Waals surface area contributed by atoms with Crippen LogP contribution in [-0.4, -0.2) is 44.2 Å². The first-order valence-corrected chi connectivity index (χ1v) is 5.95. The molecule has 0 aromatic carbocycles. The molecule has 0 amide bonds. The monoisotopic (exact) mass is 230 g/mol. The lowest BCUT2D eigenvalue weighted by atomic mass is 9.93. The lowest BCUT2D eigenvalue weighted by Gasteiger charge is -2.28. The summed E-state index contributed by atoms with van der Waals surface area (Å²) < 4.78 is 5.09. The summed E-state index contributed by atoms with van der Waals surface area (Å²) in [4.78, 5) is 13.4. The maximum atomic E-state index is 11.4. The molecule has 0 rings (SSSR count). The van der Waals surface area contributed by atoms with E-state index in [0.29, 0.717) is 19.7 Å². The summed E-state index contributed by atoms with van der Waals surface area (Å²) in [6.45, 7) is 8.53. The van der Waals surface area contributed by atoms with Gasteiger partial charge in [-0.15, -0.1) is 0 Å². The average molecular weight is 230 g/mol. The minimum absolute atomic E-state index is 0.0401. The smallest absolute Gasteiger partial charge is 0.320 e. The lowest BCUT2D eigenvalue weighted by Crippen LogP contribution is -2.39. The molecule has 0 aromatic heterocycles. The number of hydrogen-bond donors (Lipinski definition) is 1. The van der Waals surface area contributed by atoms with Gasteiger partial charge < -0.3 is 10.5 Å². The van der Waals surface area contributed by atoms with E-state index in [0.717, 1.165) is 19.4 Å². The summed E-state index contributed by atoms with van der Waals surface area (Å²) in [6.07, 6.45) is 1.98. The van der Waals surface area contributed by atoms with E-state index in [1.165, 1.54) is 0 Å². The van der Waals surface area contributed by atoms with Crippen LogP contribution in [0.15, 0.2) is 0 Å². The molecule has 0 aliphatic carbocycles. The molecule has 0 heterocycles. The van der Waals surface area contributed by atoms with Crippen molar-refractivity contribution in [2.45, 2.75) is 33.6 Å². The molecule has 0 bridgehead atoms. The number of nitrogens with zero attached hydrogens (tertiary/aromatic N) is 1. The van der Waals surface area contributed by atoms with Crippen molar-refractivity contribution >= 4 is 5.97 Å². The normalized spacial score (nSPS) is 11.9. The highest BCUT2D eigenvalue weighted by atomic mass is 16.5. The molecule has 2 N–H and O–H groups in total. The highest BCUT2D eigenvalue weighted by Gasteiger charge is 2.19. The number of carbonyl (C=O) groups is 1. The zero-order chi connectivity index (χ0) is 12.6. The predicted molar refractivity (Wildman–Crippen MR) is 66.2 cm³/mol. The number of likely N-dealkylation sites (N-methyl/N-ethyl adjacent to an activating group) is 1. The number of ether oxygens (including phenoxy) is 1. The van der Waals surface area contributed by atoms with Crippen molar-refractivity contribution in [3.8, 4) is 0 Å². The van der Waals surface area contributed by atoms with Crippen molar-refractivity contribution in [2.24, 2.45) is 11.1 Å². The number of nitrogens with two attached hydrogens (primary N) is 1. The quantitative estimate of drug-likeness (QED) is 0.503. The van der Waals surface area contributed by atoms with E-state index in [-0.39, 0.29) is 11.4 Å². The highest BCUT2D eigenvalue weighted by molar-refractivity contribution is 5.71. The molecule has 0 saturated heterocycles. The van der Waals surface area contributed by atoms with Gasteiger partial charge in [-0.25, -0.2) is 0 Å². The van der Waals surface area contributed by atoms with Crippen LogP contribution in [0.2, 0.25) is 0 Å². The molecule has 0 atom stereocenters. The van der Waals surface area contributed by atoms with Gasteiger partial charge in [0.1, 0.15) is 0 Å². The van der Waals surface area contributed by atoms with E-state index in [2.05, 4.69) is 20.8 Å². The summed E-state index contributed by atoms with van der Waals surface area (Å²) in [7, 11) is 1.92. The molecule has 0 radical (unpaired) electrons. The molecular formula is C12H26N2O2. The Morgan fingerprint density at radius 2 is 2.06 bits per heavy atom. The van der Waals surface area contributed by atoms with Gasteiger partial charge in [0, 0.05) is 6.54 Å². The van der Waals surface area contributed by atoms with Crippen LogP contribution < -0.4 is 5.73 Å². The number of esters is 1. The van der Waals surface area contributed by atoms with Crippen LogP contribution in [0.25, 0.3) is 0 Å². The van der Waals surface area contributed by atoms with Crippen molar-refractivity contribution in [3.63, 3.8) is 0 Å². The van der Waals surface area contributed by atoms with Gasteiger partial charge in [0.05, 0.1) is 13.2 Å². The number of unbranched alkanes of at least 4 members (excludes halogenated alkanes) is 1. The first kappa shape index (κ1) is 15.4. The van der Waals surface area contributed by atoms with E-state index >= 15 is 0 Å². The third-order valence-electron chi connectivity index (χ3n) is 2.41. The van der Waals surface area contributed by atoms with E-state index in [9.17, 15) is 4.79 Å². The average Bonchev–Trinajstić information content (AvgIpc) is 2.17. The van der Waals surface area contributed by atoms with Gasteiger partial charge in [-0.3, -0.25) is 9.69 Å². The van der Waals surface area contributed by atoms with Crippen LogP contribution in [0, 0.1) is 5.41 Å². The fraction of sp³-hybridized carbons (Fsp3) is 0.917. The molecule has 4 nitrogen and oxygen atoms in total. The third kappa shape index (κ3) is 7.65. The van der Waals surface area contributed by atoms with E-state index in [1.807, 2.05) is 11.9 Å². The maximum absolute atomic E-state index is 11.4. The topological polar surface area (TPSA) is 55.6 Å². The van der Waals surface area contributed by atoms with E-state index < -0.39 is 0 Å². The second-order valence-corrected chi connectivity index (χ2v) is 5.11. The second kappa shape index (κ2) is 7.63. The van der Waals surface area contributed by atoms with Gasteiger partial charge >= 0.3 is 5.97 Å². The highest BCUT2D eigenvalue weighted by Crippen LogP contribution is 2.13. The Morgan fingerprint density at radius 3 is 2.56 bits per heavy atom. The maximum Gasteiger partial charge on any atom is 0.320 e. The molecule has 0 unspecified atom stereocenters. The second-order valence-electron chi connectivity index (χ2n) is 5.11. The fourth-order valence-corrected chi connectivity index (χ4v) is 1.45. The van der Waals surface area contributed by atoms with Crippen molar-refractivity contribution in [1.29, 1.82) is 0 Å². The minimum atomic E-state index is -0.149. The van der Waals surface area contributed by atoms with Gasteiger partial charge in [0.15, 0.2) is 0 Å². The molecule has 0 fully saturated rings. The van der Waals surface area contributed by atoms with Crippen molar-refractivity contribution in [1.82, 2.24) is 4.90 Å². The number of carbonyl (C=O) groups excluding carboxylic acids is 1.